The molecule has 1 saturated heterocycles. The third kappa shape index (κ3) is 4.37. The summed E-state index contributed by atoms with van der Waals surface area (Å²) in [6.45, 7) is 10.7. The van der Waals surface area contributed by atoms with E-state index >= 15 is 0 Å². The predicted octanol–water partition coefficient (Wildman–Crippen LogP) is 2.36. The van der Waals surface area contributed by atoms with Crippen molar-refractivity contribution in [1.29, 1.82) is 0 Å². The van der Waals surface area contributed by atoms with E-state index in [0.717, 1.165) is 25.7 Å². The monoisotopic (exact) mass is 496 g/mol. The molecule has 1 aliphatic heterocycles. The molecule has 0 bridgehead atoms. The average Bonchev–Trinajstić information content (AvgIpc) is 3.14. The van der Waals surface area contributed by atoms with Gasteiger partial charge < -0.3 is 30.3 Å². The lowest BCUT2D eigenvalue weighted by atomic mass is 9.48. The van der Waals surface area contributed by atoms with Crippen molar-refractivity contribution in [2.45, 2.75) is 97.6 Å². The molecule has 4 aliphatic rings. The number of fused-ring (bicyclic) bond motifs is 5. The van der Waals surface area contributed by atoms with Gasteiger partial charge in [-0.05, 0) is 90.8 Å². The number of aliphatic hydroxyl groups excluding tert-OH is 5. The van der Waals surface area contributed by atoms with E-state index in [2.05, 4.69) is 20.8 Å². The van der Waals surface area contributed by atoms with Crippen LogP contribution in [-0.2, 0) is 9.53 Å². The summed E-state index contributed by atoms with van der Waals surface area (Å²) >= 11 is 0. The Morgan fingerprint density at radius 1 is 0.971 bits per heavy atom. The summed E-state index contributed by atoms with van der Waals surface area (Å²) < 4.78 is 5.85. The maximum absolute atomic E-state index is 13.0. The minimum atomic E-state index is -0.889. The highest BCUT2D eigenvalue weighted by atomic mass is 16.5. The van der Waals surface area contributed by atoms with E-state index in [1.165, 1.54) is 0 Å². The van der Waals surface area contributed by atoms with E-state index in [9.17, 15) is 30.3 Å². The number of cyclic esters (lactones) is 1. The Morgan fingerprint density at radius 3 is 2.29 bits per heavy atom. The fourth-order valence-electron chi connectivity index (χ4n) is 9.06. The third-order valence-electron chi connectivity index (χ3n) is 11.7. The van der Waals surface area contributed by atoms with Crippen molar-refractivity contribution in [2.75, 3.05) is 13.2 Å². The molecule has 7 nitrogen and oxygen atoms in total. The highest BCUT2D eigenvalue weighted by Gasteiger charge is 2.63. The molecule has 0 spiro atoms. The Kier molecular flexibility index (Phi) is 7.70. The van der Waals surface area contributed by atoms with Gasteiger partial charge >= 0.3 is 5.97 Å². The second-order valence-corrected chi connectivity index (χ2v) is 13.2. The number of carbonyl (C=O) groups excluding carboxylic acids is 1. The molecule has 0 aromatic heterocycles. The van der Waals surface area contributed by atoms with Crippen LogP contribution in [0.4, 0.5) is 0 Å². The first-order valence-electron chi connectivity index (χ1n) is 13.9. The van der Waals surface area contributed by atoms with Crippen molar-refractivity contribution in [3.8, 4) is 0 Å². The fraction of sp³-hybridized carbons (Fsp3) is 0.964. The lowest BCUT2D eigenvalue weighted by Gasteiger charge is -2.56. The zero-order valence-electron chi connectivity index (χ0n) is 22.1. The van der Waals surface area contributed by atoms with Crippen LogP contribution in [0.15, 0.2) is 0 Å². The van der Waals surface area contributed by atoms with Crippen LogP contribution in [0.5, 0.6) is 0 Å². The fourth-order valence-corrected chi connectivity index (χ4v) is 9.06. The SMILES string of the molecule is CC(CO)[C@H](C)[C@@H](O)[C@H](O)[C@@H](C)C1CCC2C3COC(=O)[C@H]4C[C@H](O)[C@H](O)C[C@]4(C)C3CC[C@@]21C. The van der Waals surface area contributed by atoms with Gasteiger partial charge in [0.05, 0.1) is 36.9 Å². The topological polar surface area (TPSA) is 127 Å². The van der Waals surface area contributed by atoms with Gasteiger partial charge in [-0.15, -0.1) is 0 Å². The van der Waals surface area contributed by atoms with Crippen LogP contribution in [0, 0.1) is 58.2 Å². The number of rotatable bonds is 6. The van der Waals surface area contributed by atoms with Gasteiger partial charge in [0, 0.05) is 6.61 Å². The molecular weight excluding hydrogens is 448 g/mol. The van der Waals surface area contributed by atoms with Gasteiger partial charge in [-0.3, -0.25) is 4.79 Å². The van der Waals surface area contributed by atoms with E-state index in [-0.39, 0.29) is 65.8 Å². The summed E-state index contributed by atoms with van der Waals surface area (Å²) in [6.07, 6.45) is 1.12. The van der Waals surface area contributed by atoms with E-state index in [1.54, 1.807) is 0 Å². The second-order valence-electron chi connectivity index (χ2n) is 13.2. The van der Waals surface area contributed by atoms with E-state index < -0.39 is 29.8 Å². The summed E-state index contributed by atoms with van der Waals surface area (Å²) in [5.41, 5.74) is -0.421. The van der Waals surface area contributed by atoms with Crippen LogP contribution >= 0.6 is 0 Å². The first-order chi connectivity index (χ1) is 16.4. The minimum absolute atomic E-state index is 0.0180. The first kappa shape index (κ1) is 27.3. The lowest BCUT2D eigenvalue weighted by Crippen LogP contribution is -2.55. The maximum atomic E-state index is 13.0. The Morgan fingerprint density at radius 2 is 1.63 bits per heavy atom. The lowest BCUT2D eigenvalue weighted by molar-refractivity contribution is -0.162. The van der Waals surface area contributed by atoms with Crippen molar-refractivity contribution in [3.05, 3.63) is 0 Å². The number of carbonyl (C=O) groups is 1. The standard InChI is InChI=1S/C28H48O7/c1-14(12-29)15(2)24(32)25(33)16(3)18-6-7-19-17-13-35-26(34)21-10-22(30)23(31)11-28(21,5)20(17)8-9-27(18,19)4/h14-25,29-33H,6-13H2,1-5H3/t14?,15-,16-,17?,18?,19?,20?,21+,22-,23+,24+,25+,27+,28+/m0/s1. The molecule has 0 amide bonds. The normalized spacial score (nSPS) is 47.8. The van der Waals surface area contributed by atoms with Crippen LogP contribution in [-0.4, -0.2) is 69.1 Å². The van der Waals surface area contributed by atoms with Gasteiger partial charge in [-0.2, -0.15) is 0 Å². The Hall–Kier alpha value is -0.730. The van der Waals surface area contributed by atoms with Crippen molar-refractivity contribution in [3.63, 3.8) is 0 Å². The number of ether oxygens (including phenoxy) is 1. The Balaban J connectivity index is 1.56. The van der Waals surface area contributed by atoms with E-state index in [4.69, 9.17) is 4.74 Å². The first-order valence-corrected chi connectivity index (χ1v) is 13.9. The molecule has 5 unspecified atom stereocenters. The molecule has 0 aromatic carbocycles. The average molecular weight is 497 g/mol. The van der Waals surface area contributed by atoms with Gasteiger partial charge in [0.1, 0.15) is 0 Å². The number of aliphatic hydroxyl groups is 5. The van der Waals surface area contributed by atoms with Crippen molar-refractivity contribution < 1.29 is 35.1 Å². The zero-order chi connectivity index (χ0) is 25.9. The largest absolute Gasteiger partial charge is 0.465 e. The molecule has 0 aromatic rings. The van der Waals surface area contributed by atoms with Gasteiger partial charge in [-0.25, -0.2) is 0 Å². The van der Waals surface area contributed by atoms with Gasteiger partial charge in [0.15, 0.2) is 0 Å². The molecule has 202 valence electrons. The summed E-state index contributed by atoms with van der Waals surface area (Å²) in [5.74, 6) is 0.0316. The van der Waals surface area contributed by atoms with Crippen LogP contribution in [0.2, 0.25) is 0 Å². The van der Waals surface area contributed by atoms with E-state index in [0.29, 0.717) is 18.9 Å². The van der Waals surface area contributed by atoms with Gasteiger partial charge in [0.25, 0.3) is 0 Å². The Bertz CT molecular complexity index is 774. The van der Waals surface area contributed by atoms with Gasteiger partial charge in [-0.1, -0.05) is 34.6 Å². The molecule has 1 heterocycles. The van der Waals surface area contributed by atoms with Gasteiger partial charge in [0.2, 0.25) is 0 Å². The molecule has 3 aliphatic carbocycles. The molecule has 14 atom stereocenters. The molecular formula is C28H48O7. The van der Waals surface area contributed by atoms with E-state index in [1.807, 2.05) is 13.8 Å². The molecule has 4 rings (SSSR count). The zero-order valence-corrected chi connectivity index (χ0v) is 22.1. The molecule has 5 N–H and O–H groups in total. The third-order valence-corrected chi connectivity index (χ3v) is 11.7. The number of esters is 1. The summed E-state index contributed by atoms with van der Waals surface area (Å²) in [6, 6.07) is 0. The van der Waals surface area contributed by atoms with Crippen molar-refractivity contribution in [2.24, 2.45) is 58.2 Å². The minimum Gasteiger partial charge on any atom is -0.465 e. The number of hydrogen-bond acceptors (Lipinski definition) is 7. The maximum Gasteiger partial charge on any atom is 0.309 e. The quantitative estimate of drug-likeness (QED) is 0.357. The summed E-state index contributed by atoms with van der Waals surface area (Å²) in [5, 5.41) is 52.4. The van der Waals surface area contributed by atoms with Crippen LogP contribution in [0.1, 0.15) is 73.1 Å². The Labute approximate surface area is 210 Å². The number of hydrogen-bond donors (Lipinski definition) is 5. The predicted molar refractivity (Wildman–Crippen MR) is 131 cm³/mol. The van der Waals surface area contributed by atoms with Crippen LogP contribution in [0.25, 0.3) is 0 Å². The molecule has 35 heavy (non-hydrogen) atoms. The summed E-state index contributed by atoms with van der Waals surface area (Å²) in [4.78, 5) is 13.0. The van der Waals surface area contributed by atoms with Crippen molar-refractivity contribution >= 4 is 5.97 Å². The summed E-state index contributed by atoms with van der Waals surface area (Å²) in [7, 11) is 0. The molecule has 7 heteroatoms. The highest BCUT2D eigenvalue weighted by Crippen LogP contribution is 2.66. The van der Waals surface area contributed by atoms with Crippen LogP contribution in [0.3, 0.4) is 0 Å². The smallest absolute Gasteiger partial charge is 0.309 e. The molecule has 3 saturated carbocycles. The highest BCUT2D eigenvalue weighted by molar-refractivity contribution is 5.74. The molecule has 0 radical (unpaired) electrons. The van der Waals surface area contributed by atoms with Crippen LogP contribution < -0.4 is 0 Å². The molecule has 4 fully saturated rings. The second kappa shape index (κ2) is 9.86. The van der Waals surface area contributed by atoms with Crippen molar-refractivity contribution in [1.82, 2.24) is 0 Å².